The summed E-state index contributed by atoms with van der Waals surface area (Å²) < 4.78 is 14.5. The fourth-order valence-electron chi connectivity index (χ4n) is 0.856. The van der Waals surface area contributed by atoms with Crippen LogP contribution in [0.1, 0.15) is 48.5 Å². The summed E-state index contributed by atoms with van der Waals surface area (Å²) in [5.74, 6) is -0.676. The van der Waals surface area contributed by atoms with Crippen molar-refractivity contribution in [2.45, 2.75) is 66.8 Å². The lowest BCUT2D eigenvalue weighted by Gasteiger charge is -2.05. The zero-order valence-corrected chi connectivity index (χ0v) is 16.3. The summed E-state index contributed by atoms with van der Waals surface area (Å²) >= 11 is 0. The van der Waals surface area contributed by atoms with Crippen LogP contribution in [0.4, 0.5) is 0 Å². The van der Waals surface area contributed by atoms with Gasteiger partial charge in [0.15, 0.2) is 0 Å². The second-order valence-corrected chi connectivity index (χ2v) is 5.59. The predicted octanol–water partition coefficient (Wildman–Crippen LogP) is 4.24. The molecule has 0 radical (unpaired) electrons. The highest BCUT2D eigenvalue weighted by atomic mass is 16.5. The average molecular weight is 342 g/mol. The molecule has 0 amide bonds. The summed E-state index contributed by atoms with van der Waals surface area (Å²) in [6, 6.07) is 0. The van der Waals surface area contributed by atoms with Crippen molar-refractivity contribution >= 4 is 11.9 Å². The van der Waals surface area contributed by atoms with Crippen LogP contribution in [-0.4, -0.2) is 36.9 Å². The molecule has 0 bridgehead atoms. The largest absolute Gasteiger partial charge is 0.460 e. The lowest BCUT2D eigenvalue weighted by atomic mass is 10.3. The van der Waals surface area contributed by atoms with E-state index < -0.39 is 0 Å². The van der Waals surface area contributed by atoms with Crippen LogP contribution in [0.2, 0.25) is 0 Å². The third-order valence-electron chi connectivity index (χ3n) is 1.76. The molecule has 0 unspecified atom stereocenters. The Bertz CT molecular complexity index is 381. The van der Waals surface area contributed by atoms with E-state index in [0.717, 1.165) is 6.08 Å². The molecule has 5 heteroatoms. The molecule has 0 fully saturated rings. The van der Waals surface area contributed by atoms with Crippen LogP contribution in [0, 0.1) is 0 Å². The Labute approximate surface area is 147 Å². The van der Waals surface area contributed by atoms with Crippen LogP contribution < -0.4 is 0 Å². The van der Waals surface area contributed by atoms with Crippen molar-refractivity contribution in [1.82, 2.24) is 0 Å². The topological polar surface area (TPSA) is 61.8 Å². The van der Waals surface area contributed by atoms with Gasteiger partial charge >= 0.3 is 11.9 Å². The van der Waals surface area contributed by atoms with E-state index in [9.17, 15) is 9.59 Å². The van der Waals surface area contributed by atoms with Gasteiger partial charge in [-0.05, 0) is 48.5 Å². The molecule has 0 N–H and O–H groups in total. The minimum atomic E-state index is -0.361. The van der Waals surface area contributed by atoms with Gasteiger partial charge in [0.25, 0.3) is 0 Å². The number of esters is 2. The van der Waals surface area contributed by atoms with Crippen LogP contribution >= 0.6 is 0 Å². The normalized spacial score (nSPS) is 9.25. The molecule has 0 aromatic heterocycles. The Hall–Kier alpha value is -1.88. The first-order chi connectivity index (χ1) is 11.0. The Morgan fingerprint density at radius 3 is 1.50 bits per heavy atom. The standard InChI is InChI=1S/C7H12O2.C6H10O2.C6H12O/c1-5(2)7(8)9-6(3)4;1-4-6(7)8-5(2)3;1-4-5-7-6(2)3/h6H,1H2,2-4H3;4-5H,1H2,2-3H3;4,6H,1,5H2,2-3H3. The van der Waals surface area contributed by atoms with Crippen LogP contribution in [0.15, 0.2) is 37.5 Å². The van der Waals surface area contributed by atoms with Crippen molar-refractivity contribution in [3.63, 3.8) is 0 Å². The Morgan fingerprint density at radius 1 is 0.917 bits per heavy atom. The molecule has 0 aromatic rings. The van der Waals surface area contributed by atoms with Crippen molar-refractivity contribution in [1.29, 1.82) is 0 Å². The monoisotopic (exact) mass is 342 g/mol. The van der Waals surface area contributed by atoms with Crippen molar-refractivity contribution < 1.29 is 23.8 Å². The molecule has 5 nitrogen and oxygen atoms in total. The van der Waals surface area contributed by atoms with Crippen LogP contribution in [-0.2, 0) is 23.8 Å². The third-order valence-corrected chi connectivity index (χ3v) is 1.76. The summed E-state index contributed by atoms with van der Waals surface area (Å²) in [7, 11) is 0. The number of carbonyl (C=O) groups is 2. The Kier molecular flexibility index (Phi) is 19.7. The number of carbonyl (C=O) groups excluding carboxylic acids is 2. The average Bonchev–Trinajstić information content (AvgIpc) is 2.44. The summed E-state index contributed by atoms with van der Waals surface area (Å²) in [6.07, 6.45) is 3.15. The van der Waals surface area contributed by atoms with Gasteiger partial charge in [-0.1, -0.05) is 19.2 Å². The highest BCUT2D eigenvalue weighted by Gasteiger charge is 2.03. The Morgan fingerprint density at radius 2 is 1.38 bits per heavy atom. The van der Waals surface area contributed by atoms with Gasteiger partial charge in [-0.15, -0.1) is 6.58 Å². The zero-order valence-electron chi connectivity index (χ0n) is 16.3. The molecule has 140 valence electrons. The molecule has 0 saturated carbocycles. The third kappa shape index (κ3) is 28.3. The molecule has 0 rings (SSSR count). The number of hydrogen-bond donors (Lipinski definition) is 0. The van der Waals surface area contributed by atoms with Gasteiger partial charge < -0.3 is 14.2 Å². The maximum Gasteiger partial charge on any atom is 0.333 e. The number of ether oxygens (including phenoxy) is 3. The maximum atomic E-state index is 10.6. The minimum Gasteiger partial charge on any atom is -0.460 e. The van der Waals surface area contributed by atoms with Crippen molar-refractivity contribution in [3.8, 4) is 0 Å². The molecular formula is C19H34O5. The van der Waals surface area contributed by atoms with Crippen LogP contribution in [0.3, 0.4) is 0 Å². The molecule has 24 heavy (non-hydrogen) atoms. The van der Waals surface area contributed by atoms with E-state index in [1.54, 1.807) is 40.7 Å². The summed E-state index contributed by atoms with van der Waals surface area (Å²) in [5.41, 5.74) is 0.448. The van der Waals surface area contributed by atoms with E-state index in [1.165, 1.54) is 0 Å². The number of rotatable bonds is 7. The quantitative estimate of drug-likeness (QED) is 0.393. The molecule has 0 atom stereocenters. The summed E-state index contributed by atoms with van der Waals surface area (Å²) in [6.45, 7) is 23.7. The second-order valence-electron chi connectivity index (χ2n) is 5.59. The van der Waals surface area contributed by atoms with Gasteiger partial charge in [0.05, 0.1) is 24.9 Å². The fourth-order valence-corrected chi connectivity index (χ4v) is 0.856. The van der Waals surface area contributed by atoms with E-state index in [-0.39, 0.29) is 24.1 Å². The van der Waals surface area contributed by atoms with Gasteiger partial charge in [-0.25, -0.2) is 9.59 Å². The van der Waals surface area contributed by atoms with Crippen LogP contribution in [0.5, 0.6) is 0 Å². The smallest absolute Gasteiger partial charge is 0.333 e. The maximum absolute atomic E-state index is 10.6. The van der Waals surface area contributed by atoms with Gasteiger partial charge in [0.1, 0.15) is 0 Å². The van der Waals surface area contributed by atoms with Gasteiger partial charge in [-0.2, -0.15) is 0 Å². The molecule has 0 aromatic carbocycles. The van der Waals surface area contributed by atoms with E-state index in [4.69, 9.17) is 9.47 Å². The molecule has 0 heterocycles. The summed E-state index contributed by atoms with van der Waals surface area (Å²) in [5, 5.41) is 0. The number of hydrogen-bond acceptors (Lipinski definition) is 5. The lowest BCUT2D eigenvalue weighted by molar-refractivity contribution is -0.143. The van der Waals surface area contributed by atoms with E-state index >= 15 is 0 Å². The Balaban J connectivity index is -0.000000278. The molecule has 0 aliphatic rings. The van der Waals surface area contributed by atoms with Crippen molar-refractivity contribution in [2.75, 3.05) is 6.61 Å². The first-order valence-electron chi connectivity index (χ1n) is 7.89. The molecule has 0 spiro atoms. The first-order valence-corrected chi connectivity index (χ1v) is 7.89. The zero-order chi connectivity index (χ0) is 19.7. The van der Waals surface area contributed by atoms with E-state index in [2.05, 4.69) is 24.5 Å². The lowest BCUT2D eigenvalue weighted by Crippen LogP contribution is -2.11. The van der Waals surface area contributed by atoms with Gasteiger partial charge in [0, 0.05) is 11.6 Å². The molecule has 0 aliphatic carbocycles. The van der Waals surface area contributed by atoms with Crippen molar-refractivity contribution in [2.24, 2.45) is 0 Å². The van der Waals surface area contributed by atoms with Gasteiger partial charge in [-0.3, -0.25) is 0 Å². The van der Waals surface area contributed by atoms with Crippen molar-refractivity contribution in [3.05, 3.63) is 37.5 Å². The molecule has 0 aliphatic heterocycles. The van der Waals surface area contributed by atoms with Gasteiger partial charge in [0.2, 0.25) is 0 Å². The molecular weight excluding hydrogens is 308 g/mol. The van der Waals surface area contributed by atoms with Crippen LogP contribution in [0.25, 0.3) is 0 Å². The van der Waals surface area contributed by atoms with E-state index in [1.807, 2.05) is 13.8 Å². The first kappa shape index (κ1) is 27.0. The minimum absolute atomic E-state index is 0.0412. The predicted molar refractivity (Wildman–Crippen MR) is 98.8 cm³/mol. The highest BCUT2D eigenvalue weighted by Crippen LogP contribution is 1.95. The second kappa shape index (κ2) is 17.5. The summed E-state index contributed by atoms with van der Waals surface area (Å²) in [4.78, 5) is 20.9. The molecule has 0 saturated heterocycles. The SMILES string of the molecule is C=C(C)C(=O)OC(C)C.C=CC(=O)OC(C)C.C=CCOC(C)C. The fraction of sp³-hybridized carbons (Fsp3) is 0.579. The van der Waals surface area contributed by atoms with E-state index in [0.29, 0.717) is 18.3 Å². The highest BCUT2D eigenvalue weighted by molar-refractivity contribution is 5.87.